The lowest BCUT2D eigenvalue weighted by Gasteiger charge is -2.23. The normalized spacial score (nSPS) is 12.5. The summed E-state index contributed by atoms with van der Waals surface area (Å²) in [5, 5.41) is 8.35. The van der Waals surface area contributed by atoms with E-state index in [2.05, 4.69) is 15.6 Å². The molecule has 1 atom stereocenters. The van der Waals surface area contributed by atoms with Gasteiger partial charge in [0.1, 0.15) is 11.0 Å². The van der Waals surface area contributed by atoms with E-state index in [0.29, 0.717) is 5.69 Å². The topological polar surface area (TPSA) is 71.1 Å². The smallest absolute Gasteiger partial charge is 0.242 e. The van der Waals surface area contributed by atoms with Gasteiger partial charge in [-0.2, -0.15) is 0 Å². The summed E-state index contributed by atoms with van der Waals surface area (Å²) in [6.07, 6.45) is 0.162. The Morgan fingerprint density at radius 2 is 1.84 bits per heavy atom. The van der Waals surface area contributed by atoms with Crippen LogP contribution in [0.3, 0.4) is 0 Å². The number of thiazole rings is 1. The van der Waals surface area contributed by atoms with Gasteiger partial charge in [-0.25, -0.2) is 4.98 Å². The molecule has 134 valence electrons. The molecule has 2 rings (SSSR count). The first-order chi connectivity index (χ1) is 11.6. The molecule has 0 fully saturated rings. The molecular weight excluding hydrogens is 334 g/mol. The molecule has 2 amide bonds. The third kappa shape index (κ3) is 5.98. The van der Waals surface area contributed by atoms with Crippen molar-refractivity contribution < 1.29 is 9.59 Å². The van der Waals surface area contributed by atoms with E-state index >= 15 is 0 Å². The number of rotatable bonds is 5. The van der Waals surface area contributed by atoms with Crippen LogP contribution >= 0.6 is 11.3 Å². The third-order valence-corrected chi connectivity index (χ3v) is 4.40. The fourth-order valence-corrected chi connectivity index (χ4v) is 3.04. The molecule has 6 heteroatoms. The van der Waals surface area contributed by atoms with Gasteiger partial charge >= 0.3 is 0 Å². The van der Waals surface area contributed by atoms with Crippen LogP contribution in [0, 0.1) is 6.92 Å². The van der Waals surface area contributed by atoms with Gasteiger partial charge in [0, 0.05) is 16.5 Å². The minimum absolute atomic E-state index is 0.162. The Bertz CT molecular complexity index is 745. The molecule has 1 aromatic heterocycles. The molecule has 0 aliphatic rings. The van der Waals surface area contributed by atoms with Crippen LogP contribution in [0.2, 0.25) is 0 Å². The number of carbonyl (C=O) groups is 2. The number of nitrogens with zero attached hydrogens (tertiary/aromatic N) is 1. The van der Waals surface area contributed by atoms with E-state index in [1.165, 1.54) is 16.9 Å². The van der Waals surface area contributed by atoms with Crippen LogP contribution in [0.15, 0.2) is 29.6 Å². The van der Waals surface area contributed by atoms with E-state index in [1.807, 2.05) is 57.3 Å². The molecule has 0 saturated heterocycles. The van der Waals surface area contributed by atoms with E-state index in [0.717, 1.165) is 10.6 Å². The molecule has 0 aliphatic carbocycles. The van der Waals surface area contributed by atoms with Gasteiger partial charge in [-0.15, -0.1) is 11.3 Å². The average Bonchev–Trinajstić information content (AvgIpc) is 2.94. The lowest BCUT2D eigenvalue weighted by atomic mass is 10.1. The van der Waals surface area contributed by atoms with Crippen molar-refractivity contribution in [2.24, 2.45) is 0 Å². The standard InChI is InChI=1S/C19H25N3O2S/c1-12-6-8-14(9-7-12)18-21-15(11-25-18)10-16(23)20-13(2)17(24)22-19(3,4)5/h6-9,11,13H,10H2,1-5H3,(H,20,23)(H,22,24). The highest BCUT2D eigenvalue weighted by Gasteiger charge is 2.21. The summed E-state index contributed by atoms with van der Waals surface area (Å²) in [5.74, 6) is -0.406. The zero-order valence-corrected chi connectivity index (χ0v) is 16.2. The van der Waals surface area contributed by atoms with E-state index < -0.39 is 6.04 Å². The van der Waals surface area contributed by atoms with Crippen LogP contribution in [0.1, 0.15) is 39.0 Å². The second-order valence-corrected chi connectivity index (χ2v) is 8.07. The molecule has 0 bridgehead atoms. The Hall–Kier alpha value is -2.21. The Morgan fingerprint density at radius 1 is 1.20 bits per heavy atom. The van der Waals surface area contributed by atoms with Gasteiger partial charge in [0.15, 0.2) is 0 Å². The summed E-state index contributed by atoms with van der Waals surface area (Å²) in [7, 11) is 0. The Kier molecular flexibility index (Phi) is 5.95. The van der Waals surface area contributed by atoms with E-state index in [9.17, 15) is 9.59 Å². The van der Waals surface area contributed by atoms with Gasteiger partial charge in [-0.1, -0.05) is 29.8 Å². The number of amides is 2. The first-order valence-electron chi connectivity index (χ1n) is 8.27. The predicted molar refractivity (Wildman–Crippen MR) is 101 cm³/mol. The second kappa shape index (κ2) is 7.78. The molecule has 0 aliphatic heterocycles. The van der Waals surface area contributed by atoms with Crippen LogP contribution in [0.5, 0.6) is 0 Å². The molecule has 25 heavy (non-hydrogen) atoms. The fourth-order valence-electron chi connectivity index (χ4n) is 2.22. The molecule has 2 aromatic rings. The summed E-state index contributed by atoms with van der Waals surface area (Å²) in [6.45, 7) is 9.43. The first kappa shape index (κ1) is 19.1. The molecule has 2 N–H and O–H groups in total. The summed E-state index contributed by atoms with van der Waals surface area (Å²) in [5.41, 5.74) is 2.62. The van der Waals surface area contributed by atoms with Crippen molar-refractivity contribution >= 4 is 23.2 Å². The molecule has 5 nitrogen and oxygen atoms in total. The van der Waals surface area contributed by atoms with Crippen LogP contribution in [0.4, 0.5) is 0 Å². The number of hydrogen-bond donors (Lipinski definition) is 2. The second-order valence-electron chi connectivity index (χ2n) is 7.22. The highest BCUT2D eigenvalue weighted by molar-refractivity contribution is 7.13. The maximum Gasteiger partial charge on any atom is 0.242 e. The van der Waals surface area contributed by atoms with Crippen LogP contribution in [0.25, 0.3) is 10.6 Å². The van der Waals surface area contributed by atoms with Crippen molar-refractivity contribution in [3.8, 4) is 10.6 Å². The number of carbonyl (C=O) groups excluding carboxylic acids is 2. The molecule has 0 saturated carbocycles. The van der Waals surface area contributed by atoms with Crippen LogP contribution < -0.4 is 10.6 Å². The van der Waals surface area contributed by atoms with Crippen LogP contribution in [-0.4, -0.2) is 28.4 Å². The number of hydrogen-bond acceptors (Lipinski definition) is 4. The largest absolute Gasteiger partial charge is 0.350 e. The maximum absolute atomic E-state index is 12.2. The van der Waals surface area contributed by atoms with Gasteiger partial charge < -0.3 is 10.6 Å². The lowest BCUT2D eigenvalue weighted by molar-refractivity contribution is -0.129. The number of aromatic nitrogens is 1. The van der Waals surface area contributed by atoms with Gasteiger partial charge in [-0.3, -0.25) is 9.59 Å². The van der Waals surface area contributed by atoms with E-state index in [-0.39, 0.29) is 23.8 Å². The molecule has 1 aromatic carbocycles. The minimum Gasteiger partial charge on any atom is -0.350 e. The number of nitrogens with one attached hydrogen (secondary N) is 2. The Balaban J connectivity index is 1.93. The Labute approximate surface area is 152 Å². The van der Waals surface area contributed by atoms with Crippen molar-refractivity contribution in [2.75, 3.05) is 0 Å². The molecule has 1 heterocycles. The molecule has 1 unspecified atom stereocenters. The van der Waals surface area contributed by atoms with Gasteiger partial charge in [-0.05, 0) is 34.6 Å². The van der Waals surface area contributed by atoms with E-state index in [4.69, 9.17) is 0 Å². The quantitative estimate of drug-likeness (QED) is 0.862. The Morgan fingerprint density at radius 3 is 2.44 bits per heavy atom. The van der Waals surface area contributed by atoms with Crippen molar-refractivity contribution in [3.05, 3.63) is 40.9 Å². The minimum atomic E-state index is -0.582. The predicted octanol–water partition coefficient (Wildman–Crippen LogP) is 3.08. The number of benzene rings is 1. The molecule has 0 radical (unpaired) electrons. The van der Waals surface area contributed by atoms with Crippen molar-refractivity contribution in [3.63, 3.8) is 0 Å². The summed E-state index contributed by atoms with van der Waals surface area (Å²) in [6, 6.07) is 7.55. The summed E-state index contributed by atoms with van der Waals surface area (Å²) in [4.78, 5) is 28.7. The third-order valence-electron chi connectivity index (χ3n) is 3.46. The number of aryl methyl sites for hydroxylation is 1. The average molecular weight is 359 g/mol. The van der Waals surface area contributed by atoms with Crippen LogP contribution in [-0.2, 0) is 16.0 Å². The van der Waals surface area contributed by atoms with Crippen molar-refractivity contribution in [2.45, 2.75) is 52.6 Å². The van der Waals surface area contributed by atoms with Gasteiger partial charge in [0.25, 0.3) is 0 Å². The van der Waals surface area contributed by atoms with Gasteiger partial charge in [0.05, 0.1) is 12.1 Å². The maximum atomic E-state index is 12.2. The monoisotopic (exact) mass is 359 g/mol. The highest BCUT2D eigenvalue weighted by atomic mass is 32.1. The van der Waals surface area contributed by atoms with Crippen molar-refractivity contribution in [1.29, 1.82) is 0 Å². The molecular formula is C19H25N3O2S. The van der Waals surface area contributed by atoms with Gasteiger partial charge in [0.2, 0.25) is 11.8 Å². The van der Waals surface area contributed by atoms with E-state index in [1.54, 1.807) is 6.92 Å². The van der Waals surface area contributed by atoms with Crippen molar-refractivity contribution in [1.82, 2.24) is 15.6 Å². The fraction of sp³-hybridized carbons (Fsp3) is 0.421. The zero-order chi connectivity index (χ0) is 18.6. The SMILES string of the molecule is Cc1ccc(-c2nc(CC(=O)NC(C)C(=O)NC(C)(C)C)cs2)cc1. The summed E-state index contributed by atoms with van der Waals surface area (Å²) < 4.78 is 0. The zero-order valence-electron chi connectivity index (χ0n) is 15.3. The first-order valence-corrected chi connectivity index (χ1v) is 9.15. The summed E-state index contributed by atoms with van der Waals surface area (Å²) >= 11 is 1.51. The lowest BCUT2D eigenvalue weighted by Crippen LogP contribution is -2.51. The highest BCUT2D eigenvalue weighted by Crippen LogP contribution is 2.24. The molecule has 0 spiro atoms.